The van der Waals surface area contributed by atoms with Crippen molar-refractivity contribution in [3.63, 3.8) is 0 Å². The number of benzene rings is 2. The average Bonchev–Trinajstić information content (AvgIpc) is 2.72. The Bertz CT molecular complexity index is 1020. The van der Waals surface area contributed by atoms with Gasteiger partial charge in [-0.3, -0.25) is 0 Å². The van der Waals surface area contributed by atoms with E-state index in [2.05, 4.69) is 24.3 Å². The van der Waals surface area contributed by atoms with Crippen LogP contribution in [0.1, 0.15) is 16.7 Å². The summed E-state index contributed by atoms with van der Waals surface area (Å²) >= 11 is 0. The molecule has 0 amide bonds. The van der Waals surface area contributed by atoms with Gasteiger partial charge in [-0.2, -0.15) is 5.26 Å². The first-order valence-corrected chi connectivity index (χ1v) is 8.50. The molecule has 0 bridgehead atoms. The number of ether oxygens (including phenoxy) is 2. The number of rotatable bonds is 3. The van der Waals surface area contributed by atoms with Crippen molar-refractivity contribution in [3.8, 4) is 40.1 Å². The Labute approximate surface area is 152 Å². The van der Waals surface area contributed by atoms with Crippen LogP contribution < -0.4 is 9.47 Å². The third-order valence-corrected chi connectivity index (χ3v) is 4.87. The summed E-state index contributed by atoms with van der Waals surface area (Å²) in [6, 6.07) is 18.4. The first-order valence-electron chi connectivity index (χ1n) is 8.50. The van der Waals surface area contributed by atoms with Crippen LogP contribution in [0, 0.1) is 11.3 Å². The maximum absolute atomic E-state index is 9.79. The van der Waals surface area contributed by atoms with Gasteiger partial charge in [0, 0.05) is 11.1 Å². The van der Waals surface area contributed by atoms with Gasteiger partial charge in [0.2, 0.25) is 5.88 Å². The lowest BCUT2D eigenvalue weighted by atomic mass is 9.83. The van der Waals surface area contributed by atoms with E-state index in [1.807, 2.05) is 30.3 Å². The first-order chi connectivity index (χ1) is 12.8. The van der Waals surface area contributed by atoms with Crippen LogP contribution in [0.15, 0.2) is 48.5 Å². The van der Waals surface area contributed by atoms with E-state index in [1.54, 1.807) is 14.2 Å². The number of nitriles is 1. The Morgan fingerprint density at radius 2 is 1.73 bits per heavy atom. The number of hydrogen-bond donors (Lipinski definition) is 0. The minimum absolute atomic E-state index is 0.369. The van der Waals surface area contributed by atoms with Crippen molar-refractivity contribution in [2.75, 3.05) is 14.2 Å². The molecule has 0 spiro atoms. The molecule has 0 radical (unpaired) electrons. The van der Waals surface area contributed by atoms with E-state index in [4.69, 9.17) is 14.5 Å². The van der Waals surface area contributed by atoms with Crippen LogP contribution in [0.25, 0.3) is 22.4 Å². The minimum Gasteiger partial charge on any atom is -0.497 e. The smallest absolute Gasteiger partial charge is 0.232 e. The molecule has 3 aromatic rings. The number of methoxy groups -OCH3 is 2. The zero-order valence-corrected chi connectivity index (χ0v) is 14.7. The summed E-state index contributed by atoms with van der Waals surface area (Å²) < 4.78 is 10.7. The maximum atomic E-state index is 9.79. The molecule has 128 valence electrons. The van der Waals surface area contributed by atoms with Gasteiger partial charge in [-0.05, 0) is 41.7 Å². The summed E-state index contributed by atoms with van der Waals surface area (Å²) in [5.74, 6) is 1.15. The number of hydrogen-bond acceptors (Lipinski definition) is 4. The van der Waals surface area contributed by atoms with Gasteiger partial charge in [0.15, 0.2) is 0 Å². The summed E-state index contributed by atoms with van der Waals surface area (Å²) in [6.07, 6.45) is 1.78. The number of nitrogens with zero attached hydrogens (tertiary/aromatic N) is 2. The molecule has 1 aliphatic rings. The summed E-state index contributed by atoms with van der Waals surface area (Å²) in [4.78, 5) is 4.69. The van der Waals surface area contributed by atoms with Crippen molar-refractivity contribution in [1.29, 1.82) is 5.26 Å². The van der Waals surface area contributed by atoms with E-state index in [0.717, 1.165) is 46.5 Å². The largest absolute Gasteiger partial charge is 0.497 e. The van der Waals surface area contributed by atoms with E-state index < -0.39 is 0 Å². The lowest BCUT2D eigenvalue weighted by Crippen LogP contribution is -2.10. The van der Waals surface area contributed by atoms with Crippen molar-refractivity contribution in [3.05, 3.63) is 65.2 Å². The van der Waals surface area contributed by atoms with E-state index in [9.17, 15) is 5.26 Å². The molecule has 26 heavy (non-hydrogen) atoms. The van der Waals surface area contributed by atoms with Crippen LogP contribution >= 0.6 is 0 Å². The van der Waals surface area contributed by atoms with Gasteiger partial charge >= 0.3 is 0 Å². The standard InChI is InChI=1S/C22H18N2O2/c1-25-16-10-7-15(8-11-16)20-18-12-9-14-5-3-4-6-17(14)21(18)24-22(26-2)19(20)13-23/h3-8,10-11H,9,12H2,1-2H3. The summed E-state index contributed by atoms with van der Waals surface area (Å²) in [7, 11) is 3.20. The third kappa shape index (κ3) is 2.49. The Balaban J connectivity index is 2.03. The van der Waals surface area contributed by atoms with Gasteiger partial charge < -0.3 is 9.47 Å². The molecule has 1 aromatic heterocycles. The molecule has 4 heteroatoms. The molecule has 0 aliphatic heterocycles. The molecule has 0 fully saturated rings. The second-order valence-corrected chi connectivity index (χ2v) is 6.20. The van der Waals surface area contributed by atoms with Crippen molar-refractivity contribution in [2.24, 2.45) is 0 Å². The monoisotopic (exact) mass is 342 g/mol. The molecule has 1 heterocycles. The highest BCUT2D eigenvalue weighted by Crippen LogP contribution is 2.42. The first kappa shape index (κ1) is 16.2. The lowest BCUT2D eigenvalue weighted by Gasteiger charge is -2.23. The fourth-order valence-electron chi connectivity index (χ4n) is 3.62. The molecule has 0 unspecified atom stereocenters. The normalized spacial score (nSPS) is 11.9. The van der Waals surface area contributed by atoms with Crippen LogP contribution in [0.2, 0.25) is 0 Å². The van der Waals surface area contributed by atoms with Gasteiger partial charge in [0.25, 0.3) is 0 Å². The molecule has 0 atom stereocenters. The fourth-order valence-corrected chi connectivity index (χ4v) is 3.62. The molecular weight excluding hydrogens is 324 g/mol. The number of aryl methyl sites for hydroxylation is 1. The number of aromatic nitrogens is 1. The van der Waals surface area contributed by atoms with Crippen molar-refractivity contribution in [2.45, 2.75) is 12.8 Å². The average molecular weight is 342 g/mol. The Morgan fingerprint density at radius 1 is 0.962 bits per heavy atom. The van der Waals surface area contributed by atoms with Gasteiger partial charge in [-0.1, -0.05) is 36.4 Å². The zero-order valence-electron chi connectivity index (χ0n) is 14.7. The Morgan fingerprint density at radius 3 is 2.42 bits per heavy atom. The van der Waals surface area contributed by atoms with Crippen LogP contribution in [0.4, 0.5) is 0 Å². The molecule has 0 saturated carbocycles. The van der Waals surface area contributed by atoms with Gasteiger partial charge in [-0.25, -0.2) is 4.98 Å². The molecule has 1 aliphatic carbocycles. The zero-order chi connectivity index (χ0) is 18.1. The van der Waals surface area contributed by atoms with Crippen LogP contribution in [-0.4, -0.2) is 19.2 Å². The lowest BCUT2D eigenvalue weighted by molar-refractivity contribution is 0.397. The van der Waals surface area contributed by atoms with E-state index in [0.29, 0.717) is 11.4 Å². The van der Waals surface area contributed by atoms with E-state index >= 15 is 0 Å². The Kier molecular flexibility index (Phi) is 4.06. The SMILES string of the molecule is COc1ccc(-c2c(C#N)c(OC)nc3c2CCc2ccccc2-3)cc1. The van der Waals surface area contributed by atoms with Gasteiger partial charge in [0.1, 0.15) is 17.4 Å². The second kappa shape index (κ2) is 6.53. The minimum atomic E-state index is 0.369. The third-order valence-electron chi connectivity index (χ3n) is 4.87. The molecule has 2 aromatic carbocycles. The van der Waals surface area contributed by atoms with Crippen LogP contribution in [-0.2, 0) is 12.8 Å². The molecule has 4 rings (SSSR count). The van der Waals surface area contributed by atoms with Crippen LogP contribution in [0.3, 0.4) is 0 Å². The fraction of sp³-hybridized carbons (Fsp3) is 0.182. The second-order valence-electron chi connectivity index (χ2n) is 6.20. The highest BCUT2D eigenvalue weighted by molar-refractivity contribution is 5.84. The molecule has 0 N–H and O–H groups in total. The van der Waals surface area contributed by atoms with E-state index in [-0.39, 0.29) is 0 Å². The highest BCUT2D eigenvalue weighted by Gasteiger charge is 2.26. The summed E-state index contributed by atoms with van der Waals surface area (Å²) in [5, 5.41) is 9.79. The predicted molar refractivity (Wildman–Crippen MR) is 100 cm³/mol. The summed E-state index contributed by atoms with van der Waals surface area (Å²) in [5.41, 5.74) is 6.77. The summed E-state index contributed by atoms with van der Waals surface area (Å²) in [6.45, 7) is 0. The number of pyridine rings is 1. The van der Waals surface area contributed by atoms with Gasteiger partial charge in [-0.15, -0.1) is 0 Å². The predicted octanol–water partition coefficient (Wildman–Crippen LogP) is 4.40. The quantitative estimate of drug-likeness (QED) is 0.708. The maximum Gasteiger partial charge on any atom is 0.232 e. The van der Waals surface area contributed by atoms with Gasteiger partial charge in [0.05, 0.1) is 19.9 Å². The molecular formula is C22H18N2O2. The Hall–Kier alpha value is -3.32. The van der Waals surface area contributed by atoms with E-state index in [1.165, 1.54) is 5.56 Å². The van der Waals surface area contributed by atoms with Crippen molar-refractivity contribution >= 4 is 0 Å². The molecule has 0 saturated heterocycles. The topological polar surface area (TPSA) is 55.1 Å². The molecule has 4 nitrogen and oxygen atoms in total. The highest BCUT2D eigenvalue weighted by atomic mass is 16.5. The van der Waals surface area contributed by atoms with Crippen molar-refractivity contribution < 1.29 is 9.47 Å². The van der Waals surface area contributed by atoms with Crippen molar-refractivity contribution in [1.82, 2.24) is 4.98 Å². The van der Waals surface area contributed by atoms with Crippen LogP contribution in [0.5, 0.6) is 11.6 Å². The number of fused-ring (bicyclic) bond motifs is 3.